The van der Waals surface area contributed by atoms with Gasteiger partial charge in [-0.3, -0.25) is 5.10 Å². The Balaban J connectivity index is 1.71. The molecule has 0 fully saturated rings. The van der Waals surface area contributed by atoms with Crippen molar-refractivity contribution in [2.24, 2.45) is 0 Å². The molecule has 0 radical (unpaired) electrons. The molecule has 0 saturated carbocycles. The molecule has 0 aliphatic rings. The van der Waals surface area contributed by atoms with Gasteiger partial charge in [0.15, 0.2) is 5.95 Å². The van der Waals surface area contributed by atoms with Gasteiger partial charge >= 0.3 is 0 Å². The molecule has 16 heavy (non-hydrogen) atoms. The first-order valence-electron chi connectivity index (χ1n) is 5.50. The molecule has 0 aliphatic heterocycles. The van der Waals surface area contributed by atoms with Crippen LogP contribution in [-0.2, 0) is 6.42 Å². The highest BCUT2D eigenvalue weighted by atomic mass is 15.1. The third-order valence-electron chi connectivity index (χ3n) is 2.55. The molecule has 86 valence electrons. The molecule has 5 heteroatoms. The molecule has 5 nitrogen and oxygen atoms in total. The van der Waals surface area contributed by atoms with E-state index in [2.05, 4.69) is 25.5 Å². The lowest BCUT2D eigenvalue weighted by Crippen LogP contribution is -2.04. The van der Waals surface area contributed by atoms with Crippen molar-refractivity contribution < 1.29 is 0 Å². The number of nitrogens with one attached hydrogen (secondary N) is 3. The van der Waals surface area contributed by atoms with Gasteiger partial charge in [0.1, 0.15) is 0 Å². The van der Waals surface area contributed by atoms with Crippen LogP contribution in [0.25, 0.3) is 0 Å². The van der Waals surface area contributed by atoms with Crippen molar-refractivity contribution in [2.45, 2.75) is 26.7 Å². The Kier molecular flexibility index (Phi) is 3.24. The zero-order chi connectivity index (χ0) is 11.4. The van der Waals surface area contributed by atoms with E-state index in [0.29, 0.717) is 0 Å². The predicted octanol–water partition coefficient (Wildman–Crippen LogP) is 1.79. The van der Waals surface area contributed by atoms with Crippen LogP contribution >= 0.6 is 0 Å². The molecule has 2 aromatic rings. The van der Waals surface area contributed by atoms with Crippen molar-refractivity contribution in [2.75, 3.05) is 11.9 Å². The van der Waals surface area contributed by atoms with E-state index in [1.54, 1.807) is 0 Å². The molecule has 0 aromatic carbocycles. The maximum Gasteiger partial charge on any atom is 0.200 e. The standard InChI is InChI=1S/C11H17N5/c1-8-6-13-11(15-8)12-5-3-4-10-7-14-16-9(10)2/h6-7H,3-5H2,1-2H3,(H,14,16)(H2,12,13,15). The summed E-state index contributed by atoms with van der Waals surface area (Å²) in [5.74, 6) is 0.849. The van der Waals surface area contributed by atoms with Crippen LogP contribution in [0.1, 0.15) is 23.4 Å². The average Bonchev–Trinajstić information content (AvgIpc) is 2.83. The largest absolute Gasteiger partial charge is 0.356 e. The van der Waals surface area contributed by atoms with E-state index in [1.807, 2.05) is 26.2 Å². The van der Waals surface area contributed by atoms with Crippen LogP contribution in [0.5, 0.6) is 0 Å². The zero-order valence-corrected chi connectivity index (χ0v) is 9.67. The number of hydrogen-bond acceptors (Lipinski definition) is 3. The number of aromatic nitrogens is 4. The minimum Gasteiger partial charge on any atom is -0.356 e. The van der Waals surface area contributed by atoms with Gasteiger partial charge in [0.25, 0.3) is 0 Å². The van der Waals surface area contributed by atoms with Gasteiger partial charge in [0.05, 0.1) is 6.20 Å². The number of hydrogen-bond donors (Lipinski definition) is 3. The average molecular weight is 219 g/mol. The molecule has 0 atom stereocenters. The number of anilines is 1. The van der Waals surface area contributed by atoms with Crippen molar-refractivity contribution in [1.82, 2.24) is 20.2 Å². The molecular weight excluding hydrogens is 202 g/mol. The summed E-state index contributed by atoms with van der Waals surface area (Å²) in [6, 6.07) is 0. The molecule has 0 unspecified atom stereocenters. The van der Waals surface area contributed by atoms with Gasteiger partial charge in [0.2, 0.25) is 0 Å². The summed E-state index contributed by atoms with van der Waals surface area (Å²) in [5.41, 5.74) is 3.53. The van der Waals surface area contributed by atoms with E-state index in [1.165, 1.54) is 5.56 Å². The fourth-order valence-electron chi connectivity index (χ4n) is 1.62. The van der Waals surface area contributed by atoms with Gasteiger partial charge in [-0.05, 0) is 32.3 Å². The smallest absolute Gasteiger partial charge is 0.200 e. The lowest BCUT2D eigenvalue weighted by atomic mass is 10.1. The fourth-order valence-corrected chi connectivity index (χ4v) is 1.62. The first kappa shape index (κ1) is 10.7. The number of imidazole rings is 1. The summed E-state index contributed by atoms with van der Waals surface area (Å²) < 4.78 is 0. The van der Waals surface area contributed by atoms with Crippen LogP contribution in [-0.4, -0.2) is 26.7 Å². The molecule has 0 spiro atoms. The monoisotopic (exact) mass is 219 g/mol. The van der Waals surface area contributed by atoms with Gasteiger partial charge in [-0.25, -0.2) is 4.98 Å². The van der Waals surface area contributed by atoms with Crippen LogP contribution in [0.4, 0.5) is 5.95 Å². The normalized spacial score (nSPS) is 10.6. The van der Waals surface area contributed by atoms with E-state index in [-0.39, 0.29) is 0 Å². The summed E-state index contributed by atoms with van der Waals surface area (Å²) in [5, 5.41) is 10.2. The molecule has 0 saturated heterocycles. The first-order chi connectivity index (χ1) is 7.75. The van der Waals surface area contributed by atoms with Crippen LogP contribution < -0.4 is 5.32 Å². The topological polar surface area (TPSA) is 69.4 Å². The Morgan fingerprint density at radius 3 is 2.81 bits per heavy atom. The van der Waals surface area contributed by atoms with Gasteiger partial charge < -0.3 is 10.3 Å². The maximum atomic E-state index is 4.18. The maximum absolute atomic E-state index is 4.18. The Hall–Kier alpha value is -1.78. The highest BCUT2D eigenvalue weighted by Crippen LogP contribution is 2.06. The second-order valence-corrected chi connectivity index (χ2v) is 3.97. The number of nitrogens with zero attached hydrogens (tertiary/aromatic N) is 2. The van der Waals surface area contributed by atoms with E-state index in [0.717, 1.165) is 36.7 Å². The summed E-state index contributed by atoms with van der Waals surface area (Å²) in [6.45, 7) is 4.95. The van der Waals surface area contributed by atoms with Crippen molar-refractivity contribution >= 4 is 5.95 Å². The Labute approximate surface area is 94.7 Å². The van der Waals surface area contributed by atoms with Gasteiger partial charge in [-0.1, -0.05) is 0 Å². The molecular formula is C11H17N5. The van der Waals surface area contributed by atoms with Crippen LogP contribution in [0, 0.1) is 13.8 Å². The molecule has 2 aromatic heterocycles. The minimum atomic E-state index is 0.849. The predicted molar refractivity (Wildman–Crippen MR) is 63.5 cm³/mol. The number of rotatable bonds is 5. The molecule has 2 heterocycles. The summed E-state index contributed by atoms with van der Waals surface area (Å²) >= 11 is 0. The highest BCUT2D eigenvalue weighted by Gasteiger charge is 2.00. The number of H-pyrrole nitrogens is 2. The highest BCUT2D eigenvalue weighted by molar-refractivity contribution is 5.25. The lowest BCUT2D eigenvalue weighted by Gasteiger charge is -2.02. The quantitative estimate of drug-likeness (QED) is 0.671. The van der Waals surface area contributed by atoms with E-state index >= 15 is 0 Å². The fraction of sp³-hybridized carbons (Fsp3) is 0.455. The summed E-state index contributed by atoms with van der Waals surface area (Å²) in [6.07, 6.45) is 5.82. The van der Waals surface area contributed by atoms with Crippen LogP contribution in [0.2, 0.25) is 0 Å². The van der Waals surface area contributed by atoms with Crippen molar-refractivity contribution in [3.8, 4) is 0 Å². The molecule has 0 aliphatic carbocycles. The van der Waals surface area contributed by atoms with Gasteiger partial charge in [-0.2, -0.15) is 5.10 Å². The van der Waals surface area contributed by atoms with Crippen LogP contribution in [0.15, 0.2) is 12.4 Å². The SMILES string of the molecule is Cc1cnc(NCCCc2cn[nH]c2C)[nH]1. The Morgan fingerprint density at radius 1 is 1.31 bits per heavy atom. The number of aromatic amines is 2. The molecule has 0 amide bonds. The third-order valence-corrected chi connectivity index (χ3v) is 2.55. The van der Waals surface area contributed by atoms with E-state index in [9.17, 15) is 0 Å². The minimum absolute atomic E-state index is 0.849. The summed E-state index contributed by atoms with van der Waals surface area (Å²) in [4.78, 5) is 7.32. The third kappa shape index (κ3) is 2.62. The van der Waals surface area contributed by atoms with Crippen molar-refractivity contribution in [3.63, 3.8) is 0 Å². The Morgan fingerprint density at radius 2 is 2.19 bits per heavy atom. The van der Waals surface area contributed by atoms with Gasteiger partial charge in [0, 0.05) is 24.1 Å². The first-order valence-corrected chi connectivity index (χ1v) is 5.50. The number of aryl methyl sites for hydroxylation is 3. The second-order valence-electron chi connectivity index (χ2n) is 3.97. The van der Waals surface area contributed by atoms with E-state index in [4.69, 9.17) is 0 Å². The Bertz CT molecular complexity index is 443. The summed E-state index contributed by atoms with van der Waals surface area (Å²) in [7, 11) is 0. The van der Waals surface area contributed by atoms with Crippen molar-refractivity contribution in [1.29, 1.82) is 0 Å². The van der Waals surface area contributed by atoms with Gasteiger partial charge in [-0.15, -0.1) is 0 Å². The molecule has 0 bridgehead atoms. The second kappa shape index (κ2) is 4.83. The van der Waals surface area contributed by atoms with Crippen LogP contribution in [0.3, 0.4) is 0 Å². The van der Waals surface area contributed by atoms with Crippen molar-refractivity contribution in [3.05, 3.63) is 29.3 Å². The molecule has 3 N–H and O–H groups in total. The van der Waals surface area contributed by atoms with E-state index < -0.39 is 0 Å². The molecule has 2 rings (SSSR count). The lowest BCUT2D eigenvalue weighted by molar-refractivity contribution is 0.850. The zero-order valence-electron chi connectivity index (χ0n) is 9.67.